The van der Waals surface area contributed by atoms with Crippen molar-refractivity contribution >= 4 is 17.3 Å². The van der Waals surface area contributed by atoms with Gasteiger partial charge in [-0.3, -0.25) is 14.4 Å². The number of carbonyl (C=O) groups is 3. The van der Waals surface area contributed by atoms with E-state index >= 15 is 0 Å². The van der Waals surface area contributed by atoms with Gasteiger partial charge in [0.05, 0.1) is 18.2 Å². The Labute approximate surface area is 244 Å². The Morgan fingerprint density at radius 3 is 2.24 bits per heavy atom. The third kappa shape index (κ3) is 3.98. The van der Waals surface area contributed by atoms with Gasteiger partial charge in [0.1, 0.15) is 28.6 Å². The van der Waals surface area contributed by atoms with E-state index in [0.717, 1.165) is 12.5 Å². The number of phenolic OH excluding ortho intramolecular Hbond substituents is 1. The molecule has 0 amide bonds. The maximum atomic E-state index is 14.3. The van der Waals surface area contributed by atoms with Crippen molar-refractivity contribution in [3.63, 3.8) is 0 Å². The molecule has 0 saturated carbocycles. The zero-order chi connectivity index (χ0) is 30.9. The van der Waals surface area contributed by atoms with Crippen LogP contribution in [0.1, 0.15) is 86.0 Å². The summed E-state index contributed by atoms with van der Waals surface area (Å²) in [6, 6.07) is 8.84. The minimum absolute atomic E-state index is 0.0279. The first-order valence-corrected chi connectivity index (χ1v) is 13.8. The molecule has 3 atom stereocenters. The van der Waals surface area contributed by atoms with Crippen LogP contribution in [-0.4, -0.2) is 50.5 Å². The summed E-state index contributed by atoms with van der Waals surface area (Å²) < 4.78 is 5.18. The molecule has 42 heavy (non-hydrogen) atoms. The van der Waals surface area contributed by atoms with Crippen LogP contribution in [0.25, 0.3) is 0 Å². The zero-order valence-electron chi connectivity index (χ0n) is 24.5. The fraction of sp³-hybridized carbons (Fsp3) is 0.382. The number of hydrogen-bond donors (Lipinski definition) is 4. The molecule has 2 aromatic rings. The minimum atomic E-state index is -2.61. The van der Waals surface area contributed by atoms with Gasteiger partial charge < -0.3 is 25.2 Å². The normalized spacial score (nSPS) is 26.8. The van der Waals surface area contributed by atoms with E-state index in [1.165, 1.54) is 0 Å². The lowest BCUT2D eigenvalue weighted by Crippen LogP contribution is -2.63. The second-order valence-electron chi connectivity index (χ2n) is 12.5. The Hall–Kier alpha value is -4.35. The second-order valence-corrected chi connectivity index (χ2v) is 12.5. The highest BCUT2D eigenvalue weighted by Gasteiger charge is 2.67. The van der Waals surface area contributed by atoms with Crippen LogP contribution in [0.3, 0.4) is 0 Å². The van der Waals surface area contributed by atoms with E-state index in [1.807, 2.05) is 13.8 Å². The maximum absolute atomic E-state index is 14.3. The van der Waals surface area contributed by atoms with Crippen LogP contribution in [0.4, 0.5) is 0 Å². The van der Waals surface area contributed by atoms with Gasteiger partial charge in [-0.25, -0.2) is 0 Å². The number of ketones is 3. The summed E-state index contributed by atoms with van der Waals surface area (Å²) in [6.07, 6.45) is 0.0460. The van der Waals surface area contributed by atoms with Gasteiger partial charge >= 0.3 is 0 Å². The Morgan fingerprint density at radius 2 is 1.67 bits per heavy atom. The minimum Gasteiger partial charge on any atom is -0.511 e. The van der Waals surface area contributed by atoms with E-state index in [0.29, 0.717) is 16.9 Å². The van der Waals surface area contributed by atoms with Crippen LogP contribution in [-0.2, 0) is 16.0 Å². The lowest BCUT2D eigenvalue weighted by molar-refractivity contribution is -0.159. The maximum Gasteiger partial charge on any atom is 0.209 e. The lowest BCUT2D eigenvalue weighted by atomic mass is 9.48. The molecule has 0 radical (unpaired) electrons. The molecular weight excluding hydrogens is 536 g/mol. The number of aliphatic hydroxyl groups excluding tert-OH is 2. The topological polar surface area (TPSA) is 141 Å². The number of carbonyl (C=O) groups excluding carboxylic acids is 3. The molecule has 0 spiro atoms. The van der Waals surface area contributed by atoms with Crippen molar-refractivity contribution in [3.8, 4) is 23.3 Å². The Bertz CT molecular complexity index is 1700. The summed E-state index contributed by atoms with van der Waals surface area (Å²) in [4.78, 5) is 40.0. The quantitative estimate of drug-likeness (QED) is 0.299. The molecule has 8 nitrogen and oxygen atoms in total. The van der Waals surface area contributed by atoms with Crippen LogP contribution >= 0.6 is 0 Å². The summed E-state index contributed by atoms with van der Waals surface area (Å²) in [5.41, 5.74) is -3.54. The Morgan fingerprint density at radius 1 is 1.02 bits per heavy atom. The first-order valence-electron chi connectivity index (χ1n) is 13.8. The number of allylic oxidation sites excluding steroid dienone is 2. The lowest BCUT2D eigenvalue weighted by Gasteiger charge is -2.56. The number of ether oxygens (including phenoxy) is 1. The Kier molecular flexibility index (Phi) is 6.66. The largest absolute Gasteiger partial charge is 0.511 e. The van der Waals surface area contributed by atoms with Gasteiger partial charge in [0.15, 0.2) is 17.2 Å². The van der Waals surface area contributed by atoms with Crippen LogP contribution in [0.5, 0.6) is 11.5 Å². The van der Waals surface area contributed by atoms with E-state index in [-0.39, 0.29) is 47.6 Å². The van der Waals surface area contributed by atoms with Crippen molar-refractivity contribution < 1.29 is 39.5 Å². The van der Waals surface area contributed by atoms with E-state index in [9.17, 15) is 34.8 Å². The van der Waals surface area contributed by atoms with Gasteiger partial charge in [-0.05, 0) is 67.1 Å². The molecule has 0 heterocycles. The number of hydrogen-bond acceptors (Lipinski definition) is 8. The van der Waals surface area contributed by atoms with Crippen LogP contribution in [0, 0.1) is 22.7 Å². The highest BCUT2D eigenvalue weighted by atomic mass is 16.5. The average Bonchev–Trinajstić information content (AvgIpc) is 2.90. The highest BCUT2D eigenvalue weighted by molar-refractivity contribution is 6.25. The number of aromatic hydroxyl groups is 1. The van der Waals surface area contributed by atoms with Gasteiger partial charge in [0, 0.05) is 28.4 Å². The van der Waals surface area contributed by atoms with Gasteiger partial charge in [0.2, 0.25) is 5.78 Å². The number of benzene rings is 2. The zero-order valence-corrected chi connectivity index (χ0v) is 24.5. The van der Waals surface area contributed by atoms with Crippen molar-refractivity contribution in [2.24, 2.45) is 10.8 Å². The van der Waals surface area contributed by atoms with E-state index < -0.39 is 50.9 Å². The average molecular weight is 571 g/mol. The molecule has 3 aliphatic rings. The number of fused-ring (bicyclic) bond motifs is 3. The van der Waals surface area contributed by atoms with Gasteiger partial charge in [-0.15, -0.1) is 0 Å². The highest BCUT2D eigenvalue weighted by Crippen LogP contribution is 2.62. The van der Waals surface area contributed by atoms with Crippen molar-refractivity contribution in [3.05, 3.63) is 80.8 Å². The molecule has 4 N–H and O–H groups in total. The molecule has 2 aromatic carbocycles. The second kappa shape index (κ2) is 9.60. The molecule has 0 saturated heterocycles. The van der Waals surface area contributed by atoms with E-state index in [1.54, 1.807) is 51.3 Å². The molecule has 8 heteroatoms. The standard InChI is InChI=1S/C34H34O8/c1-17(2)22-13-20(10-7-19-8-11-21(42-6)12-9-19)28(37)26-23(22)14-32(4)16-33(5)15-24(36)25(18(3)35)30(39)34(33,41)31(40)27(32)29(26)38/h8-9,11-13,17,36-37,40-41H,14-16H2,1-6H3/t32-,33+,34+/m1/s1. The molecular formula is C34H34O8. The van der Waals surface area contributed by atoms with Crippen molar-refractivity contribution in [1.82, 2.24) is 0 Å². The number of Topliss-reactive ketones (excluding diaryl/α,β-unsaturated/α-hetero) is 3. The summed E-state index contributed by atoms with van der Waals surface area (Å²) >= 11 is 0. The molecule has 0 aromatic heterocycles. The van der Waals surface area contributed by atoms with Crippen molar-refractivity contribution in [2.75, 3.05) is 7.11 Å². The van der Waals surface area contributed by atoms with Gasteiger partial charge in [-0.2, -0.15) is 0 Å². The number of phenols is 1. The monoisotopic (exact) mass is 570 g/mol. The first-order chi connectivity index (χ1) is 19.6. The summed E-state index contributed by atoms with van der Waals surface area (Å²) in [7, 11) is 1.56. The molecule has 0 fully saturated rings. The van der Waals surface area contributed by atoms with Gasteiger partial charge in [-0.1, -0.05) is 39.5 Å². The molecule has 218 valence electrons. The predicted octanol–water partition coefficient (Wildman–Crippen LogP) is 5.00. The molecule has 0 bridgehead atoms. The fourth-order valence-corrected chi connectivity index (χ4v) is 7.17. The van der Waals surface area contributed by atoms with Gasteiger partial charge in [0.25, 0.3) is 0 Å². The number of rotatable bonds is 3. The third-order valence-electron chi connectivity index (χ3n) is 9.11. The predicted molar refractivity (Wildman–Crippen MR) is 155 cm³/mol. The smallest absolute Gasteiger partial charge is 0.209 e. The van der Waals surface area contributed by atoms with Crippen molar-refractivity contribution in [2.45, 2.75) is 65.4 Å². The first kappa shape index (κ1) is 29.2. The number of methoxy groups -OCH3 is 1. The van der Waals surface area contributed by atoms with Crippen LogP contribution in [0.15, 0.2) is 53.0 Å². The van der Waals surface area contributed by atoms with E-state index in [2.05, 4.69) is 11.8 Å². The summed E-state index contributed by atoms with van der Waals surface area (Å²) in [5, 5.41) is 45.6. The molecule has 5 rings (SSSR count). The molecule has 3 aliphatic carbocycles. The fourth-order valence-electron chi connectivity index (χ4n) is 7.17. The van der Waals surface area contributed by atoms with Crippen LogP contribution in [0.2, 0.25) is 0 Å². The molecule has 0 unspecified atom stereocenters. The van der Waals surface area contributed by atoms with E-state index in [4.69, 9.17) is 4.74 Å². The number of aliphatic hydroxyl groups is 3. The summed E-state index contributed by atoms with van der Waals surface area (Å²) in [6.45, 7) is 8.36. The SMILES string of the molecule is COc1ccc(C#Cc2cc(C(C)C)c3c(c2O)C(=O)C2=C(O)[C@@]4(O)C(=O)C(C(C)=O)=C(O)C[C@@]4(C)C[C@@]2(C)C3)cc1. The molecule has 0 aliphatic heterocycles. The third-order valence-corrected chi connectivity index (χ3v) is 9.11. The summed E-state index contributed by atoms with van der Waals surface area (Å²) in [5.74, 6) is 2.36. The Balaban J connectivity index is 1.72. The van der Waals surface area contributed by atoms with Crippen LogP contribution < -0.4 is 4.74 Å². The van der Waals surface area contributed by atoms with Crippen molar-refractivity contribution in [1.29, 1.82) is 0 Å².